The minimum atomic E-state index is -3.74. The Balaban J connectivity index is 2.95. The van der Waals surface area contributed by atoms with E-state index in [0.29, 0.717) is 12.0 Å². The number of nitrogens with two attached hydrogens (primary N) is 1. The molecule has 1 atom stereocenters. The van der Waals surface area contributed by atoms with E-state index in [2.05, 4.69) is 0 Å². The summed E-state index contributed by atoms with van der Waals surface area (Å²) in [6.07, 6.45) is 1.42. The van der Waals surface area contributed by atoms with Crippen LogP contribution >= 0.6 is 0 Å². The van der Waals surface area contributed by atoms with Crippen molar-refractivity contribution in [3.8, 4) is 0 Å². The monoisotopic (exact) mass is 334 g/mol. The number of hydrogen-bond acceptors (Lipinski definition) is 4. The molecular formula is C13H22N2O4S2. The third kappa shape index (κ3) is 4.77. The molecule has 0 heterocycles. The molecule has 2 N–H and O–H groups in total. The predicted molar refractivity (Wildman–Crippen MR) is 82.7 cm³/mol. The fraction of sp³-hybridized carbons (Fsp3) is 0.538. The van der Waals surface area contributed by atoms with E-state index in [1.165, 1.54) is 23.5 Å². The van der Waals surface area contributed by atoms with Crippen LogP contribution in [-0.4, -0.2) is 33.9 Å². The van der Waals surface area contributed by atoms with Crippen molar-refractivity contribution >= 4 is 20.0 Å². The first-order valence-electron chi connectivity index (χ1n) is 6.68. The van der Waals surface area contributed by atoms with E-state index in [-0.39, 0.29) is 16.7 Å². The smallest absolute Gasteiger partial charge is 0.225 e. The maximum atomic E-state index is 12.1. The van der Waals surface area contributed by atoms with Crippen LogP contribution in [0.3, 0.4) is 0 Å². The first-order valence-corrected chi connectivity index (χ1v) is 9.83. The zero-order valence-corrected chi connectivity index (χ0v) is 14.1. The van der Waals surface area contributed by atoms with Gasteiger partial charge in [-0.05, 0) is 31.0 Å². The van der Waals surface area contributed by atoms with Crippen molar-refractivity contribution in [3.63, 3.8) is 0 Å². The van der Waals surface area contributed by atoms with E-state index in [1.54, 1.807) is 19.1 Å². The number of hydrogen-bond donors (Lipinski definition) is 1. The van der Waals surface area contributed by atoms with Gasteiger partial charge in [-0.15, -0.1) is 0 Å². The molecular weight excluding hydrogens is 312 g/mol. The van der Waals surface area contributed by atoms with Crippen LogP contribution in [0, 0.1) is 0 Å². The molecule has 1 aromatic carbocycles. The second kappa shape index (κ2) is 6.87. The van der Waals surface area contributed by atoms with E-state index < -0.39 is 20.0 Å². The molecule has 0 saturated heterocycles. The minimum Gasteiger partial charge on any atom is -0.225 e. The maximum absolute atomic E-state index is 12.1. The number of nitrogens with zero attached hydrogens (tertiary/aromatic N) is 1. The van der Waals surface area contributed by atoms with E-state index in [4.69, 9.17) is 5.14 Å². The summed E-state index contributed by atoms with van der Waals surface area (Å²) in [5, 5.41) is 5.03. The average Bonchev–Trinajstić information content (AvgIpc) is 2.42. The number of rotatable bonds is 7. The van der Waals surface area contributed by atoms with Crippen molar-refractivity contribution < 1.29 is 16.8 Å². The lowest BCUT2D eigenvalue weighted by molar-refractivity contribution is 0.397. The highest BCUT2D eigenvalue weighted by Crippen LogP contribution is 2.23. The molecule has 120 valence electrons. The Bertz CT molecular complexity index is 667. The zero-order valence-electron chi connectivity index (χ0n) is 12.5. The molecule has 0 saturated carbocycles. The second-order valence-corrected chi connectivity index (χ2v) is 8.69. The first kappa shape index (κ1) is 18.1. The van der Waals surface area contributed by atoms with Crippen LogP contribution in [0.2, 0.25) is 0 Å². The van der Waals surface area contributed by atoms with Gasteiger partial charge in [-0.25, -0.2) is 22.0 Å². The largest absolute Gasteiger partial charge is 0.238 e. The summed E-state index contributed by atoms with van der Waals surface area (Å²) < 4.78 is 48.0. The van der Waals surface area contributed by atoms with Crippen molar-refractivity contribution in [3.05, 3.63) is 29.8 Å². The van der Waals surface area contributed by atoms with Gasteiger partial charge in [0.15, 0.2) is 0 Å². The molecule has 0 spiro atoms. The highest BCUT2D eigenvalue weighted by molar-refractivity contribution is 7.89. The first-order chi connectivity index (χ1) is 9.59. The van der Waals surface area contributed by atoms with E-state index >= 15 is 0 Å². The van der Waals surface area contributed by atoms with Crippen LogP contribution in [0.5, 0.6) is 0 Å². The molecule has 21 heavy (non-hydrogen) atoms. The van der Waals surface area contributed by atoms with Crippen LogP contribution in [0.15, 0.2) is 29.2 Å². The Morgan fingerprint density at radius 3 is 2.10 bits per heavy atom. The summed E-state index contributed by atoms with van der Waals surface area (Å²) >= 11 is 0. The van der Waals surface area contributed by atoms with Crippen LogP contribution in [-0.2, 0) is 20.0 Å². The fourth-order valence-corrected chi connectivity index (χ4v) is 3.92. The summed E-state index contributed by atoms with van der Waals surface area (Å²) in [6.45, 7) is 3.69. The quantitative estimate of drug-likeness (QED) is 0.816. The lowest BCUT2D eigenvalue weighted by Gasteiger charge is -2.24. The van der Waals surface area contributed by atoms with Gasteiger partial charge < -0.3 is 0 Å². The van der Waals surface area contributed by atoms with Gasteiger partial charge in [-0.1, -0.05) is 25.5 Å². The predicted octanol–water partition coefficient (Wildman–Crippen LogP) is 1.46. The molecule has 0 aliphatic rings. The van der Waals surface area contributed by atoms with E-state index in [9.17, 15) is 16.8 Å². The van der Waals surface area contributed by atoms with Gasteiger partial charge in [-0.2, -0.15) is 4.31 Å². The molecule has 6 nitrogen and oxygen atoms in total. The summed E-state index contributed by atoms with van der Waals surface area (Å²) in [6, 6.07) is 5.55. The molecule has 0 fully saturated rings. The Morgan fingerprint density at radius 1 is 1.14 bits per heavy atom. The van der Waals surface area contributed by atoms with Gasteiger partial charge in [0.05, 0.1) is 10.6 Å². The molecule has 1 aromatic rings. The highest BCUT2D eigenvalue weighted by Gasteiger charge is 2.23. The van der Waals surface area contributed by atoms with Crippen LogP contribution in [0.25, 0.3) is 0 Å². The van der Waals surface area contributed by atoms with Gasteiger partial charge in [-0.3, -0.25) is 0 Å². The average molecular weight is 334 g/mol. The molecule has 0 radical (unpaired) electrons. The zero-order chi connectivity index (χ0) is 16.3. The molecule has 0 aliphatic heterocycles. The summed E-state index contributed by atoms with van der Waals surface area (Å²) in [4.78, 5) is 0.00921. The van der Waals surface area contributed by atoms with Crippen LogP contribution in [0.4, 0.5) is 0 Å². The number of benzene rings is 1. The Kier molecular flexibility index (Phi) is 5.92. The molecule has 0 aromatic heterocycles. The topological polar surface area (TPSA) is 97.5 Å². The third-order valence-electron chi connectivity index (χ3n) is 3.43. The molecule has 0 bridgehead atoms. The van der Waals surface area contributed by atoms with Crippen molar-refractivity contribution in [2.45, 2.75) is 37.6 Å². The lowest BCUT2D eigenvalue weighted by atomic mass is 10.1. The number of primary sulfonamides is 1. The summed E-state index contributed by atoms with van der Waals surface area (Å²) in [5.41, 5.74) is 0.713. The Labute approximate surface area is 127 Å². The van der Waals surface area contributed by atoms with Gasteiger partial charge in [0.25, 0.3) is 0 Å². The van der Waals surface area contributed by atoms with Crippen molar-refractivity contribution in [1.29, 1.82) is 0 Å². The van der Waals surface area contributed by atoms with Crippen LogP contribution in [0.1, 0.15) is 38.3 Å². The van der Waals surface area contributed by atoms with E-state index in [1.807, 2.05) is 6.92 Å². The molecule has 8 heteroatoms. The van der Waals surface area contributed by atoms with Gasteiger partial charge in [0.2, 0.25) is 20.0 Å². The highest BCUT2D eigenvalue weighted by atomic mass is 32.2. The van der Waals surface area contributed by atoms with Gasteiger partial charge >= 0.3 is 0 Å². The third-order valence-corrected chi connectivity index (χ3v) is 6.36. The number of sulfonamides is 2. The van der Waals surface area contributed by atoms with Crippen molar-refractivity contribution in [2.24, 2.45) is 5.14 Å². The van der Waals surface area contributed by atoms with Crippen molar-refractivity contribution in [2.75, 3.05) is 12.8 Å². The minimum absolute atomic E-state index is 0.00921. The molecule has 1 unspecified atom stereocenters. The molecule has 1 rings (SSSR count). The lowest BCUT2D eigenvalue weighted by Crippen LogP contribution is -2.31. The van der Waals surface area contributed by atoms with Gasteiger partial charge in [0.1, 0.15) is 0 Å². The molecule has 0 amide bonds. The van der Waals surface area contributed by atoms with Crippen LogP contribution < -0.4 is 5.14 Å². The standard InChI is InChI=1S/C13H22N2O4S2/c1-4-5-10-20(16,17)15(3)11(2)12-6-8-13(9-7-12)21(14,18)19/h6-9,11H,4-5,10H2,1-3H3,(H2,14,18,19). The Hall–Kier alpha value is -0.960. The maximum Gasteiger partial charge on any atom is 0.238 e. The SMILES string of the molecule is CCCCS(=O)(=O)N(C)C(C)c1ccc(S(N)(=O)=O)cc1. The summed E-state index contributed by atoms with van der Waals surface area (Å²) in [7, 11) is -5.52. The summed E-state index contributed by atoms with van der Waals surface area (Å²) in [5.74, 6) is 0.111. The normalized spacial score (nSPS) is 14.3. The Morgan fingerprint density at radius 2 is 1.67 bits per heavy atom. The molecule has 0 aliphatic carbocycles. The fourth-order valence-electron chi connectivity index (χ4n) is 1.86. The second-order valence-electron chi connectivity index (χ2n) is 4.98. The van der Waals surface area contributed by atoms with Gasteiger partial charge in [0, 0.05) is 13.1 Å². The van der Waals surface area contributed by atoms with E-state index in [0.717, 1.165) is 6.42 Å². The number of unbranched alkanes of at least 4 members (excludes halogenated alkanes) is 1. The van der Waals surface area contributed by atoms with Crippen molar-refractivity contribution in [1.82, 2.24) is 4.31 Å².